The number of hydrogen-bond donors (Lipinski definition) is 1. The van der Waals surface area contributed by atoms with E-state index in [-0.39, 0.29) is 18.5 Å². The Hall–Kier alpha value is -2.34. The van der Waals surface area contributed by atoms with Crippen molar-refractivity contribution < 1.29 is 13.2 Å². The summed E-state index contributed by atoms with van der Waals surface area (Å²) in [4.78, 5) is 12.7. The van der Waals surface area contributed by atoms with Crippen LogP contribution in [0.4, 0.5) is 5.69 Å². The number of hydrogen-bond acceptors (Lipinski definition) is 3. The van der Waals surface area contributed by atoms with Crippen molar-refractivity contribution >= 4 is 21.6 Å². The van der Waals surface area contributed by atoms with Gasteiger partial charge in [-0.05, 0) is 63.8 Å². The van der Waals surface area contributed by atoms with E-state index in [1.54, 1.807) is 0 Å². The fourth-order valence-electron chi connectivity index (χ4n) is 3.65. The van der Waals surface area contributed by atoms with Crippen molar-refractivity contribution in [3.05, 3.63) is 63.7 Å². The van der Waals surface area contributed by atoms with E-state index in [2.05, 4.69) is 5.32 Å². The van der Waals surface area contributed by atoms with Crippen molar-refractivity contribution in [2.45, 2.75) is 47.6 Å². The number of sulfonamides is 1. The summed E-state index contributed by atoms with van der Waals surface area (Å²) in [6.07, 6.45) is 1.13. The molecule has 6 heteroatoms. The van der Waals surface area contributed by atoms with E-state index in [1.165, 1.54) is 4.31 Å². The molecule has 0 bridgehead atoms. The van der Waals surface area contributed by atoms with E-state index in [0.29, 0.717) is 5.69 Å². The molecule has 2 rings (SSSR count). The van der Waals surface area contributed by atoms with Gasteiger partial charge in [0.2, 0.25) is 15.9 Å². The SMILES string of the molecule is Cc1cc(C)c(N(CC(=O)NC(C)c2cc(C)ccc2C)S(C)(=O)=O)c(C)c1. The molecule has 0 heterocycles. The van der Waals surface area contributed by atoms with Crippen LogP contribution in [0.25, 0.3) is 0 Å². The molecule has 0 fully saturated rings. The molecule has 5 nitrogen and oxygen atoms in total. The van der Waals surface area contributed by atoms with E-state index in [1.807, 2.05) is 71.9 Å². The fourth-order valence-corrected chi connectivity index (χ4v) is 4.62. The minimum absolute atomic E-state index is 0.214. The summed E-state index contributed by atoms with van der Waals surface area (Å²) in [5, 5.41) is 2.94. The second-order valence-electron chi connectivity index (χ2n) is 7.67. The molecule has 0 aliphatic carbocycles. The lowest BCUT2D eigenvalue weighted by molar-refractivity contribution is -0.120. The first-order valence-electron chi connectivity index (χ1n) is 9.32. The van der Waals surface area contributed by atoms with Gasteiger partial charge in [-0.15, -0.1) is 0 Å². The minimum atomic E-state index is -3.61. The highest BCUT2D eigenvalue weighted by molar-refractivity contribution is 7.92. The van der Waals surface area contributed by atoms with Crippen molar-refractivity contribution in [2.24, 2.45) is 0 Å². The van der Waals surface area contributed by atoms with Gasteiger partial charge in [0.05, 0.1) is 18.0 Å². The molecule has 1 amide bonds. The van der Waals surface area contributed by atoms with Crippen molar-refractivity contribution in [3.8, 4) is 0 Å². The molecule has 0 spiro atoms. The van der Waals surface area contributed by atoms with Gasteiger partial charge in [-0.3, -0.25) is 9.10 Å². The number of nitrogens with one attached hydrogen (secondary N) is 1. The first-order valence-corrected chi connectivity index (χ1v) is 11.2. The Morgan fingerprint density at radius 1 is 0.964 bits per heavy atom. The van der Waals surface area contributed by atoms with Gasteiger partial charge in [-0.1, -0.05) is 41.5 Å². The van der Waals surface area contributed by atoms with Gasteiger partial charge in [-0.25, -0.2) is 8.42 Å². The van der Waals surface area contributed by atoms with E-state index in [0.717, 1.165) is 39.6 Å². The summed E-state index contributed by atoms with van der Waals surface area (Å²) >= 11 is 0. The van der Waals surface area contributed by atoms with Crippen LogP contribution < -0.4 is 9.62 Å². The Balaban J connectivity index is 2.29. The molecule has 2 aromatic rings. The fraction of sp³-hybridized carbons (Fsp3) is 0.409. The summed E-state index contributed by atoms with van der Waals surface area (Å²) in [7, 11) is -3.61. The van der Waals surface area contributed by atoms with E-state index in [4.69, 9.17) is 0 Å². The Kier molecular flexibility index (Phi) is 6.55. The molecule has 1 unspecified atom stereocenters. The molecule has 0 aliphatic rings. The van der Waals surface area contributed by atoms with E-state index in [9.17, 15) is 13.2 Å². The number of aryl methyl sites for hydroxylation is 5. The maximum atomic E-state index is 12.7. The van der Waals surface area contributed by atoms with Crippen molar-refractivity contribution in [1.82, 2.24) is 5.32 Å². The monoisotopic (exact) mass is 402 g/mol. The van der Waals surface area contributed by atoms with E-state index >= 15 is 0 Å². The van der Waals surface area contributed by atoms with Crippen LogP contribution in [0.5, 0.6) is 0 Å². The van der Waals surface area contributed by atoms with Crippen LogP contribution in [-0.2, 0) is 14.8 Å². The van der Waals surface area contributed by atoms with Gasteiger partial charge >= 0.3 is 0 Å². The second kappa shape index (κ2) is 8.35. The highest BCUT2D eigenvalue weighted by Gasteiger charge is 2.25. The number of carbonyl (C=O) groups excluding carboxylic acids is 1. The van der Waals surface area contributed by atoms with Crippen molar-refractivity contribution in [2.75, 3.05) is 17.1 Å². The number of nitrogens with zero attached hydrogens (tertiary/aromatic N) is 1. The molecule has 0 aromatic heterocycles. The summed E-state index contributed by atoms with van der Waals surface area (Å²) in [5.74, 6) is -0.335. The Bertz CT molecular complexity index is 974. The zero-order valence-electron chi connectivity index (χ0n) is 17.8. The number of anilines is 1. The lowest BCUT2D eigenvalue weighted by Gasteiger charge is -2.27. The number of rotatable bonds is 6. The zero-order chi connectivity index (χ0) is 21.2. The molecule has 0 saturated heterocycles. The highest BCUT2D eigenvalue weighted by Crippen LogP contribution is 2.28. The normalized spacial score (nSPS) is 12.5. The van der Waals surface area contributed by atoms with Gasteiger partial charge in [0, 0.05) is 0 Å². The maximum Gasteiger partial charge on any atom is 0.241 e. The van der Waals surface area contributed by atoms with Gasteiger partial charge in [0.25, 0.3) is 0 Å². The average Bonchev–Trinajstić information content (AvgIpc) is 2.54. The molecule has 28 heavy (non-hydrogen) atoms. The lowest BCUT2D eigenvalue weighted by Crippen LogP contribution is -2.41. The van der Waals surface area contributed by atoms with Crippen molar-refractivity contribution in [1.29, 1.82) is 0 Å². The van der Waals surface area contributed by atoms with E-state index < -0.39 is 10.0 Å². The second-order valence-corrected chi connectivity index (χ2v) is 9.57. The van der Waals surface area contributed by atoms with Crippen LogP contribution in [0.1, 0.15) is 46.3 Å². The molecule has 2 aromatic carbocycles. The van der Waals surface area contributed by atoms with Gasteiger partial charge in [0.1, 0.15) is 6.54 Å². The van der Waals surface area contributed by atoms with Crippen LogP contribution >= 0.6 is 0 Å². The van der Waals surface area contributed by atoms with Crippen LogP contribution in [0, 0.1) is 34.6 Å². The molecular formula is C22H30N2O3S. The van der Waals surface area contributed by atoms with Gasteiger partial charge < -0.3 is 5.32 Å². The summed E-state index contributed by atoms with van der Waals surface area (Å²) in [5.41, 5.74) is 6.52. The molecular weight excluding hydrogens is 372 g/mol. The van der Waals surface area contributed by atoms with Crippen molar-refractivity contribution in [3.63, 3.8) is 0 Å². The third-order valence-corrected chi connectivity index (χ3v) is 5.96. The number of carbonyl (C=O) groups is 1. The Labute approximate surface area is 168 Å². The Morgan fingerprint density at radius 3 is 2.07 bits per heavy atom. The first-order chi connectivity index (χ1) is 12.9. The Morgan fingerprint density at radius 2 is 1.54 bits per heavy atom. The lowest BCUT2D eigenvalue weighted by atomic mass is 10.00. The summed E-state index contributed by atoms with van der Waals surface area (Å²) in [6.45, 7) is 11.4. The largest absolute Gasteiger partial charge is 0.348 e. The molecule has 0 aliphatic heterocycles. The molecule has 1 N–H and O–H groups in total. The quantitative estimate of drug-likeness (QED) is 0.798. The number of benzene rings is 2. The summed E-state index contributed by atoms with van der Waals surface area (Å²) < 4.78 is 26.1. The predicted octanol–water partition coefficient (Wildman–Crippen LogP) is 3.87. The predicted molar refractivity (Wildman–Crippen MR) is 115 cm³/mol. The highest BCUT2D eigenvalue weighted by atomic mass is 32.2. The van der Waals surface area contributed by atoms with Crippen LogP contribution in [0.2, 0.25) is 0 Å². The molecule has 1 atom stereocenters. The maximum absolute atomic E-state index is 12.7. The first kappa shape index (κ1) is 22.0. The molecule has 0 radical (unpaired) electrons. The molecule has 0 saturated carbocycles. The third kappa shape index (κ3) is 5.13. The van der Waals surface area contributed by atoms with Crippen LogP contribution in [0.3, 0.4) is 0 Å². The topological polar surface area (TPSA) is 66.5 Å². The molecule has 152 valence electrons. The third-order valence-electron chi connectivity index (χ3n) is 4.85. The smallest absolute Gasteiger partial charge is 0.241 e. The van der Waals surface area contributed by atoms with Crippen LogP contribution in [-0.4, -0.2) is 27.1 Å². The average molecular weight is 403 g/mol. The summed E-state index contributed by atoms with van der Waals surface area (Å²) in [6, 6.07) is 9.74. The van der Waals surface area contributed by atoms with Crippen LogP contribution in [0.15, 0.2) is 30.3 Å². The van der Waals surface area contributed by atoms with Gasteiger partial charge in [0.15, 0.2) is 0 Å². The minimum Gasteiger partial charge on any atom is -0.348 e. The standard InChI is InChI=1S/C22H30N2O3S/c1-14-8-9-16(3)20(12-14)19(6)23-21(25)13-24(28(7,26)27)22-17(4)10-15(2)11-18(22)5/h8-12,19H,13H2,1-7H3,(H,23,25). The zero-order valence-corrected chi connectivity index (χ0v) is 18.6. The van der Waals surface area contributed by atoms with Gasteiger partial charge in [-0.2, -0.15) is 0 Å². The number of amides is 1.